The number of benzene rings is 1. The number of aliphatic imine (C=N–C) groups is 1. The fourth-order valence-corrected chi connectivity index (χ4v) is 1.77. The van der Waals surface area contributed by atoms with Gasteiger partial charge in [0.1, 0.15) is 0 Å². The van der Waals surface area contributed by atoms with E-state index in [2.05, 4.69) is 10.3 Å². The molecule has 0 spiro atoms. The van der Waals surface area contributed by atoms with Crippen molar-refractivity contribution in [1.29, 1.82) is 0 Å². The molecule has 0 fully saturated rings. The van der Waals surface area contributed by atoms with Crippen LogP contribution in [0.3, 0.4) is 0 Å². The highest BCUT2D eigenvalue weighted by Gasteiger charge is 2.15. The van der Waals surface area contributed by atoms with Crippen LogP contribution in [0.4, 0.5) is 5.69 Å². The molecule has 0 radical (unpaired) electrons. The van der Waals surface area contributed by atoms with E-state index in [0.717, 1.165) is 23.6 Å². The zero-order valence-electron chi connectivity index (χ0n) is 13.2. The average Bonchev–Trinajstić information content (AvgIpc) is 2.70. The van der Waals surface area contributed by atoms with Gasteiger partial charge >= 0.3 is 0 Å². The maximum atomic E-state index is 5.89. The number of guanidine groups is 1. The Hall–Kier alpha value is -1.22. The largest absolute Gasteiger partial charge is 0.490 e. The number of methoxy groups -OCH3 is 1. The minimum absolute atomic E-state index is 0. The number of anilines is 1. The molecule has 0 saturated heterocycles. The van der Waals surface area contributed by atoms with E-state index in [-0.39, 0.29) is 29.6 Å². The number of halogens is 1. The second-order valence-corrected chi connectivity index (χ2v) is 5.50. The summed E-state index contributed by atoms with van der Waals surface area (Å²) in [6.07, 6.45) is 0.882. The van der Waals surface area contributed by atoms with Gasteiger partial charge in [-0.1, -0.05) is 0 Å². The number of nitrogens with one attached hydrogen (secondary N) is 1. The van der Waals surface area contributed by atoms with E-state index < -0.39 is 0 Å². The maximum absolute atomic E-state index is 5.89. The smallest absolute Gasteiger partial charge is 0.193 e. The van der Waals surface area contributed by atoms with Gasteiger partial charge in [-0.05, 0) is 26.0 Å². The Morgan fingerprint density at radius 2 is 2.00 bits per heavy atom. The van der Waals surface area contributed by atoms with Gasteiger partial charge in [0.2, 0.25) is 0 Å². The summed E-state index contributed by atoms with van der Waals surface area (Å²) >= 11 is 0. The molecule has 7 heteroatoms. The molecular formula is C15H24IN3O3. The molecule has 124 valence electrons. The standard InChI is InChI=1S/C15H23N3O3.HI/c1-15(2,19-3)10-17-14(16)18-11-5-6-12-13(9-11)21-8-4-7-20-12;/h5-6,9H,4,7-8,10H2,1-3H3,(H3,16,17,18);1H. The van der Waals surface area contributed by atoms with Crippen LogP contribution in [-0.4, -0.2) is 38.4 Å². The van der Waals surface area contributed by atoms with Crippen LogP contribution in [0.5, 0.6) is 11.5 Å². The molecule has 22 heavy (non-hydrogen) atoms. The van der Waals surface area contributed by atoms with Crippen LogP contribution in [0.2, 0.25) is 0 Å². The highest BCUT2D eigenvalue weighted by Crippen LogP contribution is 2.32. The van der Waals surface area contributed by atoms with Crippen molar-refractivity contribution in [3.63, 3.8) is 0 Å². The minimum Gasteiger partial charge on any atom is -0.490 e. The molecule has 0 unspecified atom stereocenters. The second kappa shape index (κ2) is 8.42. The third-order valence-corrected chi connectivity index (χ3v) is 3.20. The summed E-state index contributed by atoms with van der Waals surface area (Å²) < 4.78 is 16.5. The van der Waals surface area contributed by atoms with Crippen molar-refractivity contribution in [1.82, 2.24) is 0 Å². The Bertz CT molecular complexity index is 521. The van der Waals surface area contributed by atoms with Crippen molar-refractivity contribution in [3.8, 4) is 11.5 Å². The molecule has 0 atom stereocenters. The lowest BCUT2D eigenvalue weighted by atomic mass is 10.1. The molecule has 1 aliphatic rings. The first-order valence-corrected chi connectivity index (χ1v) is 7.02. The number of nitrogens with two attached hydrogens (primary N) is 1. The summed E-state index contributed by atoms with van der Waals surface area (Å²) in [6, 6.07) is 5.62. The SMILES string of the molecule is COC(C)(C)CN=C(N)Nc1ccc2c(c1)OCCCO2.I. The van der Waals surface area contributed by atoms with Crippen LogP contribution < -0.4 is 20.5 Å². The Morgan fingerprint density at radius 1 is 1.32 bits per heavy atom. The number of hydrogen-bond donors (Lipinski definition) is 2. The first kappa shape index (κ1) is 18.8. The van der Waals surface area contributed by atoms with Crippen molar-refractivity contribution in [2.24, 2.45) is 10.7 Å². The number of hydrogen-bond acceptors (Lipinski definition) is 4. The Kier molecular flexibility index (Phi) is 7.21. The average molecular weight is 421 g/mol. The van der Waals surface area contributed by atoms with E-state index >= 15 is 0 Å². The van der Waals surface area contributed by atoms with Crippen LogP contribution in [0, 0.1) is 0 Å². The van der Waals surface area contributed by atoms with Crippen molar-refractivity contribution < 1.29 is 14.2 Å². The molecular weight excluding hydrogens is 397 g/mol. The fourth-order valence-electron chi connectivity index (χ4n) is 1.77. The summed E-state index contributed by atoms with van der Waals surface area (Å²) in [5, 5.41) is 3.05. The quantitative estimate of drug-likeness (QED) is 0.444. The molecule has 1 aromatic rings. The van der Waals surface area contributed by atoms with Gasteiger partial charge in [-0.25, -0.2) is 0 Å². The lowest BCUT2D eigenvalue weighted by molar-refractivity contribution is 0.0312. The number of fused-ring (bicyclic) bond motifs is 1. The highest BCUT2D eigenvalue weighted by molar-refractivity contribution is 14.0. The third kappa shape index (κ3) is 5.53. The zero-order valence-corrected chi connectivity index (χ0v) is 15.5. The molecule has 1 aliphatic heterocycles. The molecule has 0 saturated carbocycles. The lowest BCUT2D eigenvalue weighted by Crippen LogP contribution is -2.30. The van der Waals surface area contributed by atoms with Gasteiger partial charge in [0, 0.05) is 25.3 Å². The van der Waals surface area contributed by atoms with Crippen molar-refractivity contribution >= 4 is 35.6 Å². The van der Waals surface area contributed by atoms with E-state index in [9.17, 15) is 0 Å². The Balaban J connectivity index is 0.00000242. The van der Waals surface area contributed by atoms with Gasteiger partial charge in [0.05, 0.1) is 25.4 Å². The molecule has 2 rings (SSSR count). The number of ether oxygens (including phenoxy) is 3. The van der Waals surface area contributed by atoms with Crippen LogP contribution >= 0.6 is 24.0 Å². The predicted molar refractivity (Wildman–Crippen MR) is 98.7 cm³/mol. The molecule has 1 aromatic carbocycles. The van der Waals surface area contributed by atoms with Crippen molar-refractivity contribution in [2.45, 2.75) is 25.9 Å². The molecule has 1 heterocycles. The van der Waals surface area contributed by atoms with E-state index in [1.54, 1.807) is 7.11 Å². The van der Waals surface area contributed by atoms with Crippen LogP contribution in [-0.2, 0) is 4.74 Å². The molecule has 0 bridgehead atoms. The van der Waals surface area contributed by atoms with E-state index in [1.807, 2.05) is 32.0 Å². The third-order valence-electron chi connectivity index (χ3n) is 3.20. The molecule has 0 amide bonds. The summed E-state index contributed by atoms with van der Waals surface area (Å²) in [7, 11) is 1.66. The van der Waals surface area contributed by atoms with Crippen molar-refractivity contribution in [3.05, 3.63) is 18.2 Å². The summed E-state index contributed by atoms with van der Waals surface area (Å²) in [4.78, 5) is 4.28. The van der Waals surface area contributed by atoms with Gasteiger partial charge in [0.15, 0.2) is 17.5 Å². The van der Waals surface area contributed by atoms with Gasteiger partial charge in [-0.2, -0.15) is 0 Å². The van der Waals surface area contributed by atoms with Crippen LogP contribution in [0.25, 0.3) is 0 Å². The summed E-state index contributed by atoms with van der Waals surface area (Å²) in [6.45, 7) is 5.72. The summed E-state index contributed by atoms with van der Waals surface area (Å²) in [5.41, 5.74) is 6.37. The molecule has 6 nitrogen and oxygen atoms in total. The molecule has 0 aromatic heterocycles. The molecule has 0 aliphatic carbocycles. The highest BCUT2D eigenvalue weighted by atomic mass is 127. The van der Waals surface area contributed by atoms with E-state index in [1.165, 1.54) is 0 Å². The minimum atomic E-state index is -0.336. The van der Waals surface area contributed by atoms with Gasteiger partial charge in [-0.3, -0.25) is 4.99 Å². The second-order valence-electron chi connectivity index (χ2n) is 5.50. The van der Waals surface area contributed by atoms with E-state index in [0.29, 0.717) is 25.7 Å². The first-order chi connectivity index (χ1) is 10.00. The predicted octanol–water partition coefficient (Wildman–Crippen LogP) is 2.62. The van der Waals surface area contributed by atoms with Gasteiger partial charge < -0.3 is 25.3 Å². The maximum Gasteiger partial charge on any atom is 0.193 e. The normalized spacial score (nSPS) is 14.8. The fraction of sp³-hybridized carbons (Fsp3) is 0.533. The van der Waals surface area contributed by atoms with Crippen LogP contribution in [0.15, 0.2) is 23.2 Å². The Labute approximate surface area is 148 Å². The number of nitrogens with zero attached hydrogens (tertiary/aromatic N) is 1. The first-order valence-electron chi connectivity index (χ1n) is 7.02. The van der Waals surface area contributed by atoms with Crippen LogP contribution in [0.1, 0.15) is 20.3 Å². The lowest BCUT2D eigenvalue weighted by Gasteiger charge is -2.20. The van der Waals surface area contributed by atoms with Gasteiger partial charge in [0.25, 0.3) is 0 Å². The monoisotopic (exact) mass is 421 g/mol. The van der Waals surface area contributed by atoms with E-state index in [4.69, 9.17) is 19.9 Å². The summed E-state index contributed by atoms with van der Waals surface area (Å²) in [5.74, 6) is 1.83. The number of rotatable bonds is 4. The molecule has 3 N–H and O–H groups in total. The zero-order chi connectivity index (χ0) is 15.3. The van der Waals surface area contributed by atoms with Crippen molar-refractivity contribution in [2.75, 3.05) is 32.2 Å². The van der Waals surface area contributed by atoms with Gasteiger partial charge in [-0.15, -0.1) is 24.0 Å². The topological polar surface area (TPSA) is 78.1 Å². The Morgan fingerprint density at radius 3 is 2.68 bits per heavy atom.